The Hall–Kier alpha value is -1.96. The van der Waals surface area contributed by atoms with Gasteiger partial charge in [-0.3, -0.25) is 4.79 Å². The van der Waals surface area contributed by atoms with Crippen molar-refractivity contribution in [3.63, 3.8) is 0 Å². The number of carbonyl (C=O) groups is 1. The van der Waals surface area contributed by atoms with Crippen molar-refractivity contribution < 1.29 is 37.0 Å². The van der Waals surface area contributed by atoms with Crippen LogP contribution in [-0.4, -0.2) is 96.0 Å². The molecule has 1 unspecified atom stereocenters. The van der Waals surface area contributed by atoms with Gasteiger partial charge in [0, 0.05) is 78.1 Å². The van der Waals surface area contributed by atoms with E-state index in [2.05, 4.69) is 10.4 Å². The van der Waals surface area contributed by atoms with Crippen LogP contribution >= 0.6 is 0 Å². The molecule has 36 heavy (non-hydrogen) atoms. The van der Waals surface area contributed by atoms with E-state index in [0.29, 0.717) is 39.3 Å². The zero-order valence-corrected chi connectivity index (χ0v) is 21.7. The summed E-state index contributed by atoms with van der Waals surface area (Å²) in [5.74, 6) is 0.108. The molecular weight excluding hydrogens is 490 g/mol. The van der Waals surface area contributed by atoms with E-state index < -0.39 is 27.0 Å². The summed E-state index contributed by atoms with van der Waals surface area (Å²) < 4.78 is 49.0. The van der Waals surface area contributed by atoms with Crippen molar-refractivity contribution in [3.05, 3.63) is 24.3 Å². The molecule has 1 N–H and O–H groups in total. The number of hydroxylamine groups is 1. The average molecular weight is 528 g/mol. The molecule has 1 atom stereocenters. The molecule has 1 aromatic carbocycles. The van der Waals surface area contributed by atoms with Gasteiger partial charge in [0.15, 0.2) is 11.0 Å². The summed E-state index contributed by atoms with van der Waals surface area (Å²) in [6, 6.07) is 7.71. The highest BCUT2D eigenvalue weighted by atomic mass is 32.2. The first kappa shape index (κ1) is 27.1. The molecule has 0 aliphatic carbocycles. The van der Waals surface area contributed by atoms with E-state index in [1.54, 1.807) is 7.11 Å². The molecule has 202 valence electrons. The Balaban J connectivity index is 1.38. The number of rotatable bonds is 10. The van der Waals surface area contributed by atoms with Gasteiger partial charge in [-0.2, -0.15) is 4.31 Å². The van der Waals surface area contributed by atoms with Crippen LogP contribution in [0.2, 0.25) is 0 Å². The van der Waals surface area contributed by atoms with Crippen molar-refractivity contribution in [3.8, 4) is 5.75 Å². The number of ether oxygens (including phenoxy) is 4. The summed E-state index contributed by atoms with van der Waals surface area (Å²) >= 11 is 0. The minimum absolute atomic E-state index is 0.0841. The minimum atomic E-state index is -3.96. The number of methoxy groups -OCH3 is 1. The van der Waals surface area contributed by atoms with Gasteiger partial charge in [-0.15, -0.1) is 0 Å². The van der Waals surface area contributed by atoms with Crippen LogP contribution in [0.4, 0.5) is 5.69 Å². The molecule has 1 aromatic rings. The number of hydrogen-bond acceptors (Lipinski definition) is 9. The van der Waals surface area contributed by atoms with Gasteiger partial charge in [0.1, 0.15) is 12.4 Å². The van der Waals surface area contributed by atoms with Gasteiger partial charge in [-0.25, -0.2) is 18.7 Å². The van der Waals surface area contributed by atoms with Crippen LogP contribution in [-0.2, 0) is 33.9 Å². The Morgan fingerprint density at radius 2 is 1.78 bits per heavy atom. The summed E-state index contributed by atoms with van der Waals surface area (Å²) in [4.78, 5) is 20.9. The Morgan fingerprint density at radius 3 is 2.42 bits per heavy atom. The predicted molar refractivity (Wildman–Crippen MR) is 132 cm³/mol. The molecule has 0 bridgehead atoms. The lowest BCUT2D eigenvalue weighted by atomic mass is 9.98. The third kappa shape index (κ3) is 6.12. The Morgan fingerprint density at radius 1 is 1.06 bits per heavy atom. The number of nitrogens with one attached hydrogen (secondary N) is 1. The third-order valence-electron chi connectivity index (χ3n) is 6.97. The standard InChI is InChI=1S/C24H37N3O8S/c1-31-18-19-33-21-7-5-20(6-8-21)26-11-13-27(14-12-26)36(29,30)24(9-16-32-17-10-24)23(28)25-35-22-4-2-3-15-34-22/h5-8,22H,2-4,9-19H2,1H3,(H,25,28). The van der Waals surface area contributed by atoms with Gasteiger partial charge in [-0.05, 0) is 37.1 Å². The van der Waals surface area contributed by atoms with E-state index in [9.17, 15) is 13.2 Å². The summed E-state index contributed by atoms with van der Waals surface area (Å²) in [6.45, 7) is 3.57. The fourth-order valence-corrected chi connectivity index (χ4v) is 6.85. The molecule has 12 heteroatoms. The maximum atomic E-state index is 13.8. The summed E-state index contributed by atoms with van der Waals surface area (Å²) in [7, 11) is -2.33. The molecule has 3 saturated heterocycles. The van der Waals surface area contributed by atoms with Gasteiger partial charge in [-0.1, -0.05) is 0 Å². The maximum Gasteiger partial charge on any atom is 0.266 e. The van der Waals surface area contributed by atoms with Gasteiger partial charge in [0.25, 0.3) is 5.91 Å². The molecule has 3 fully saturated rings. The lowest BCUT2D eigenvalue weighted by Crippen LogP contribution is -2.62. The van der Waals surface area contributed by atoms with E-state index in [4.69, 9.17) is 23.8 Å². The summed E-state index contributed by atoms with van der Waals surface area (Å²) in [5.41, 5.74) is 3.40. The molecule has 11 nitrogen and oxygen atoms in total. The van der Waals surface area contributed by atoms with Crippen molar-refractivity contribution in [2.45, 2.75) is 43.1 Å². The molecule has 0 saturated carbocycles. The second-order valence-corrected chi connectivity index (χ2v) is 11.4. The highest BCUT2D eigenvalue weighted by Gasteiger charge is 2.54. The van der Waals surface area contributed by atoms with Crippen LogP contribution in [0.15, 0.2) is 24.3 Å². The molecule has 0 spiro atoms. The Labute approximate surface area is 212 Å². The number of piperazine rings is 1. The second-order valence-electron chi connectivity index (χ2n) is 9.18. The zero-order chi connectivity index (χ0) is 25.4. The zero-order valence-electron chi connectivity index (χ0n) is 20.9. The Bertz CT molecular complexity index is 939. The fourth-order valence-electron chi connectivity index (χ4n) is 4.75. The summed E-state index contributed by atoms with van der Waals surface area (Å²) in [5, 5.41) is 0. The normalized spacial score (nSPS) is 23.2. The number of sulfonamides is 1. The number of benzene rings is 1. The second kappa shape index (κ2) is 12.5. The third-order valence-corrected chi connectivity index (χ3v) is 9.59. The van der Waals surface area contributed by atoms with Crippen molar-refractivity contribution in [2.75, 3.05) is 71.2 Å². The minimum Gasteiger partial charge on any atom is -0.491 e. The van der Waals surface area contributed by atoms with Gasteiger partial charge >= 0.3 is 0 Å². The molecule has 1 amide bonds. The van der Waals surface area contributed by atoms with Crippen LogP contribution in [0.3, 0.4) is 0 Å². The highest BCUT2D eigenvalue weighted by molar-refractivity contribution is 7.91. The van der Waals surface area contributed by atoms with Crippen molar-refractivity contribution in [1.82, 2.24) is 9.79 Å². The molecule has 0 aromatic heterocycles. The van der Waals surface area contributed by atoms with Crippen molar-refractivity contribution >= 4 is 21.6 Å². The first-order valence-corrected chi connectivity index (χ1v) is 14.0. The number of nitrogens with zero attached hydrogens (tertiary/aromatic N) is 2. The lowest BCUT2D eigenvalue weighted by Gasteiger charge is -2.42. The quantitative estimate of drug-likeness (QED) is 0.355. The monoisotopic (exact) mass is 527 g/mol. The fraction of sp³-hybridized carbons (Fsp3) is 0.708. The van der Waals surface area contributed by atoms with E-state index in [1.165, 1.54) is 4.31 Å². The van der Waals surface area contributed by atoms with Crippen molar-refractivity contribution in [1.29, 1.82) is 0 Å². The van der Waals surface area contributed by atoms with E-state index >= 15 is 0 Å². The molecule has 3 heterocycles. The molecule has 3 aliphatic heterocycles. The molecule has 0 radical (unpaired) electrons. The highest BCUT2D eigenvalue weighted by Crippen LogP contribution is 2.34. The lowest BCUT2D eigenvalue weighted by molar-refractivity contribution is -0.202. The van der Waals surface area contributed by atoms with Crippen LogP contribution in [0, 0.1) is 0 Å². The average Bonchev–Trinajstić information content (AvgIpc) is 2.93. The predicted octanol–water partition coefficient (Wildman–Crippen LogP) is 1.29. The molecular formula is C24H37N3O8S. The molecule has 4 rings (SSSR count). The number of amides is 1. The smallest absolute Gasteiger partial charge is 0.266 e. The van der Waals surface area contributed by atoms with Crippen LogP contribution in [0.25, 0.3) is 0 Å². The van der Waals surface area contributed by atoms with Gasteiger partial charge in [0.2, 0.25) is 10.0 Å². The Kier molecular flexibility index (Phi) is 9.42. The van der Waals surface area contributed by atoms with Crippen LogP contribution in [0.5, 0.6) is 5.75 Å². The summed E-state index contributed by atoms with van der Waals surface area (Å²) in [6.07, 6.45) is 2.16. The van der Waals surface area contributed by atoms with E-state index in [0.717, 1.165) is 24.3 Å². The largest absolute Gasteiger partial charge is 0.491 e. The van der Waals surface area contributed by atoms with Crippen LogP contribution in [0.1, 0.15) is 32.1 Å². The molecule has 3 aliphatic rings. The SMILES string of the molecule is COCCOc1ccc(N2CCN(S(=O)(=O)C3(C(=O)NOC4CCCCO4)CCOCC3)CC2)cc1. The topological polar surface area (TPSA) is 116 Å². The maximum absolute atomic E-state index is 13.8. The number of hydrogen-bond donors (Lipinski definition) is 1. The van der Waals surface area contributed by atoms with Gasteiger partial charge in [0.05, 0.1) is 6.61 Å². The van der Waals surface area contributed by atoms with E-state index in [-0.39, 0.29) is 39.1 Å². The van der Waals surface area contributed by atoms with Crippen molar-refractivity contribution in [2.24, 2.45) is 0 Å². The van der Waals surface area contributed by atoms with E-state index in [1.807, 2.05) is 24.3 Å². The number of carbonyl (C=O) groups excluding carboxylic acids is 1. The van der Waals surface area contributed by atoms with Gasteiger partial charge < -0.3 is 23.8 Å². The number of anilines is 1. The first-order valence-electron chi connectivity index (χ1n) is 12.6. The first-order chi connectivity index (χ1) is 17.5. The van der Waals surface area contributed by atoms with Crippen LogP contribution < -0.4 is 15.1 Å².